The van der Waals surface area contributed by atoms with Crippen LogP contribution in [-0.4, -0.2) is 40.0 Å². The topological polar surface area (TPSA) is 55.8 Å². The number of methoxy groups -OCH3 is 2. The Kier molecular flexibility index (Phi) is 4.08. The van der Waals surface area contributed by atoms with E-state index in [1.54, 1.807) is 13.1 Å². The van der Waals surface area contributed by atoms with Crippen molar-refractivity contribution in [3.05, 3.63) is 16.6 Å². The molecule has 19 heavy (non-hydrogen) atoms. The number of benzene rings is 1. The van der Waals surface area contributed by atoms with E-state index in [9.17, 15) is 8.42 Å². The van der Waals surface area contributed by atoms with Crippen LogP contribution in [0.1, 0.15) is 12.8 Å². The van der Waals surface area contributed by atoms with E-state index in [4.69, 9.17) is 9.47 Å². The minimum atomic E-state index is -3.51. The van der Waals surface area contributed by atoms with Crippen molar-refractivity contribution in [2.24, 2.45) is 0 Å². The largest absolute Gasteiger partial charge is 0.493 e. The highest BCUT2D eigenvalue weighted by Crippen LogP contribution is 2.38. The molecule has 7 heteroatoms. The van der Waals surface area contributed by atoms with Gasteiger partial charge in [-0.15, -0.1) is 0 Å². The van der Waals surface area contributed by atoms with Crippen LogP contribution >= 0.6 is 15.9 Å². The highest BCUT2D eigenvalue weighted by atomic mass is 79.9. The average molecular weight is 350 g/mol. The molecule has 0 amide bonds. The zero-order valence-corrected chi connectivity index (χ0v) is 13.4. The molecule has 1 saturated carbocycles. The van der Waals surface area contributed by atoms with Gasteiger partial charge in [-0.3, -0.25) is 0 Å². The fourth-order valence-corrected chi connectivity index (χ4v) is 4.23. The fourth-order valence-electron chi connectivity index (χ4n) is 1.82. The van der Waals surface area contributed by atoms with Crippen LogP contribution in [0.25, 0.3) is 0 Å². The third kappa shape index (κ3) is 2.73. The van der Waals surface area contributed by atoms with Gasteiger partial charge in [0, 0.05) is 23.6 Å². The monoisotopic (exact) mass is 349 g/mol. The van der Waals surface area contributed by atoms with Gasteiger partial charge in [0.05, 0.1) is 14.2 Å². The average Bonchev–Trinajstić information content (AvgIpc) is 3.21. The first-order chi connectivity index (χ1) is 8.91. The maximum atomic E-state index is 12.5. The first-order valence-electron chi connectivity index (χ1n) is 5.81. The van der Waals surface area contributed by atoms with Gasteiger partial charge in [0.15, 0.2) is 11.5 Å². The van der Waals surface area contributed by atoms with Gasteiger partial charge in [0.1, 0.15) is 4.90 Å². The number of halogens is 1. The summed E-state index contributed by atoms with van der Waals surface area (Å²) < 4.78 is 37.2. The number of nitrogens with zero attached hydrogens (tertiary/aromatic N) is 1. The summed E-state index contributed by atoms with van der Waals surface area (Å²) in [5.74, 6) is 0.885. The van der Waals surface area contributed by atoms with Gasteiger partial charge < -0.3 is 9.47 Å². The van der Waals surface area contributed by atoms with Gasteiger partial charge in [-0.25, -0.2) is 8.42 Å². The van der Waals surface area contributed by atoms with Crippen LogP contribution in [0.3, 0.4) is 0 Å². The van der Waals surface area contributed by atoms with Crippen LogP contribution in [0.5, 0.6) is 11.5 Å². The molecule has 0 aromatic heterocycles. The van der Waals surface area contributed by atoms with Crippen molar-refractivity contribution in [2.75, 3.05) is 21.3 Å². The number of rotatable bonds is 5. The maximum Gasteiger partial charge on any atom is 0.244 e. The van der Waals surface area contributed by atoms with Gasteiger partial charge in [-0.05, 0) is 34.8 Å². The quantitative estimate of drug-likeness (QED) is 0.817. The molecule has 1 aliphatic carbocycles. The predicted octanol–water partition coefficient (Wildman–Crippen LogP) is 2.25. The molecule has 106 valence electrons. The highest BCUT2D eigenvalue weighted by Gasteiger charge is 2.36. The van der Waals surface area contributed by atoms with Gasteiger partial charge in [-0.2, -0.15) is 4.31 Å². The Morgan fingerprint density at radius 2 is 1.74 bits per heavy atom. The SMILES string of the molecule is COc1cc(Br)c(S(=O)(=O)N(C)C2CC2)cc1OC. The number of hydrogen-bond acceptors (Lipinski definition) is 4. The van der Waals surface area contributed by atoms with E-state index >= 15 is 0 Å². The second-order valence-electron chi connectivity index (χ2n) is 4.39. The van der Waals surface area contributed by atoms with Crippen molar-refractivity contribution < 1.29 is 17.9 Å². The van der Waals surface area contributed by atoms with E-state index in [1.165, 1.54) is 24.6 Å². The molecule has 0 saturated heterocycles. The Morgan fingerprint density at radius 1 is 1.21 bits per heavy atom. The van der Waals surface area contributed by atoms with E-state index in [-0.39, 0.29) is 10.9 Å². The molecular formula is C12H16BrNO4S. The molecule has 0 N–H and O–H groups in total. The molecule has 0 atom stereocenters. The lowest BCUT2D eigenvalue weighted by Gasteiger charge is -2.18. The molecule has 0 aliphatic heterocycles. The minimum absolute atomic E-state index is 0.116. The van der Waals surface area contributed by atoms with Crippen LogP contribution in [0.4, 0.5) is 0 Å². The molecule has 0 bridgehead atoms. The normalized spacial score (nSPS) is 15.6. The number of hydrogen-bond donors (Lipinski definition) is 0. The summed E-state index contributed by atoms with van der Waals surface area (Å²) in [4.78, 5) is 0.194. The second kappa shape index (κ2) is 5.30. The van der Waals surface area contributed by atoms with Crippen molar-refractivity contribution in [1.29, 1.82) is 0 Å². The lowest BCUT2D eigenvalue weighted by molar-refractivity contribution is 0.353. The van der Waals surface area contributed by atoms with Crippen LogP contribution in [0.15, 0.2) is 21.5 Å². The summed E-state index contributed by atoms with van der Waals surface area (Å²) in [6.45, 7) is 0. The summed E-state index contributed by atoms with van der Waals surface area (Å²) in [7, 11) is 1.08. The zero-order valence-electron chi connectivity index (χ0n) is 11.0. The lowest BCUT2D eigenvalue weighted by Crippen LogP contribution is -2.29. The van der Waals surface area contributed by atoms with Gasteiger partial charge >= 0.3 is 0 Å². The Morgan fingerprint density at radius 3 is 2.21 bits per heavy atom. The molecule has 1 fully saturated rings. The minimum Gasteiger partial charge on any atom is -0.493 e. The van der Waals surface area contributed by atoms with Crippen LogP contribution in [0.2, 0.25) is 0 Å². The van der Waals surface area contributed by atoms with E-state index in [0.717, 1.165) is 12.8 Å². The lowest BCUT2D eigenvalue weighted by atomic mass is 10.3. The second-order valence-corrected chi connectivity index (χ2v) is 7.21. The summed E-state index contributed by atoms with van der Waals surface area (Å²) in [6, 6.07) is 3.20. The molecular weight excluding hydrogens is 334 g/mol. The Balaban J connectivity index is 2.49. The van der Waals surface area contributed by atoms with E-state index in [0.29, 0.717) is 16.0 Å². The summed E-state index contributed by atoms with van der Waals surface area (Å²) >= 11 is 3.28. The molecule has 0 heterocycles. The Bertz CT molecular complexity index is 584. The standard InChI is InChI=1S/C12H16BrNO4S/c1-14(8-4-5-8)19(15,16)12-7-11(18-3)10(17-2)6-9(12)13/h6-8H,4-5H2,1-3H3. The van der Waals surface area contributed by atoms with Gasteiger partial charge in [-0.1, -0.05) is 0 Å². The summed E-state index contributed by atoms with van der Waals surface area (Å²) in [5, 5.41) is 0. The smallest absolute Gasteiger partial charge is 0.244 e. The third-order valence-electron chi connectivity index (χ3n) is 3.16. The summed E-state index contributed by atoms with van der Waals surface area (Å²) in [5.41, 5.74) is 0. The molecule has 1 aromatic carbocycles. The van der Waals surface area contributed by atoms with E-state index in [1.807, 2.05) is 0 Å². The third-order valence-corrected chi connectivity index (χ3v) is 6.02. The molecule has 1 aromatic rings. The number of ether oxygens (including phenoxy) is 2. The molecule has 0 spiro atoms. The van der Waals surface area contributed by atoms with E-state index < -0.39 is 10.0 Å². The first kappa shape index (κ1) is 14.6. The van der Waals surface area contributed by atoms with E-state index in [2.05, 4.69) is 15.9 Å². The fraction of sp³-hybridized carbons (Fsp3) is 0.500. The van der Waals surface area contributed by atoms with Crippen molar-refractivity contribution in [2.45, 2.75) is 23.8 Å². The first-order valence-corrected chi connectivity index (χ1v) is 8.04. The predicted molar refractivity (Wildman–Crippen MR) is 75.2 cm³/mol. The molecule has 0 radical (unpaired) electrons. The molecule has 5 nitrogen and oxygen atoms in total. The van der Waals surface area contributed by atoms with Crippen molar-refractivity contribution in [3.63, 3.8) is 0 Å². The molecule has 0 unspecified atom stereocenters. The zero-order chi connectivity index (χ0) is 14.2. The molecule has 2 rings (SSSR count). The Hall–Kier alpha value is -0.790. The Labute approximate surface area is 121 Å². The van der Waals surface area contributed by atoms with Crippen LogP contribution < -0.4 is 9.47 Å². The van der Waals surface area contributed by atoms with Gasteiger partial charge in [0.25, 0.3) is 0 Å². The molecule has 1 aliphatic rings. The van der Waals surface area contributed by atoms with Crippen LogP contribution in [0, 0.1) is 0 Å². The van der Waals surface area contributed by atoms with Crippen LogP contribution in [-0.2, 0) is 10.0 Å². The highest BCUT2D eigenvalue weighted by molar-refractivity contribution is 9.10. The van der Waals surface area contributed by atoms with Gasteiger partial charge in [0.2, 0.25) is 10.0 Å². The van der Waals surface area contributed by atoms with Crippen molar-refractivity contribution >= 4 is 26.0 Å². The summed E-state index contributed by atoms with van der Waals surface area (Å²) in [6.07, 6.45) is 1.83. The number of sulfonamides is 1. The van der Waals surface area contributed by atoms with Crippen molar-refractivity contribution in [1.82, 2.24) is 4.31 Å². The van der Waals surface area contributed by atoms with Crippen molar-refractivity contribution in [3.8, 4) is 11.5 Å². The maximum absolute atomic E-state index is 12.5.